The summed E-state index contributed by atoms with van der Waals surface area (Å²) in [6.07, 6.45) is 3.12. The molecule has 0 radical (unpaired) electrons. The number of nitrogens with zero attached hydrogens (tertiary/aromatic N) is 2. The molecule has 0 spiro atoms. The second kappa shape index (κ2) is 5.87. The normalized spacial score (nSPS) is 14.0. The molecule has 0 atom stereocenters. The first-order valence-electron chi connectivity index (χ1n) is 7.27. The molecule has 1 aliphatic rings. The Balaban J connectivity index is 1.63. The van der Waals surface area contributed by atoms with Gasteiger partial charge >= 0.3 is 0 Å². The largest absolute Gasteiger partial charge is 0.493 e. The second-order valence-electron chi connectivity index (χ2n) is 5.58. The summed E-state index contributed by atoms with van der Waals surface area (Å²) in [5.41, 5.74) is 3.37. The molecule has 0 bridgehead atoms. The molecule has 3 rings (SSSR count). The molecule has 0 amide bonds. The van der Waals surface area contributed by atoms with E-state index in [4.69, 9.17) is 10.00 Å². The van der Waals surface area contributed by atoms with E-state index in [-0.39, 0.29) is 0 Å². The standard InChI is InChI=1S/C17H18N2OS/c1-11-3-4-12(2)14(9-11)20-8-7-16-19-17(13-5-6-13)15(10-18)21-16/h3-4,9,13H,5-8H2,1-2H3. The van der Waals surface area contributed by atoms with Crippen molar-refractivity contribution in [3.8, 4) is 11.8 Å². The zero-order valence-corrected chi connectivity index (χ0v) is 13.2. The maximum atomic E-state index is 9.17. The lowest BCUT2D eigenvalue weighted by molar-refractivity contribution is 0.319. The van der Waals surface area contributed by atoms with Gasteiger partial charge in [0.15, 0.2) is 0 Å². The first kappa shape index (κ1) is 14.1. The summed E-state index contributed by atoms with van der Waals surface area (Å²) in [4.78, 5) is 5.42. The highest BCUT2D eigenvalue weighted by Crippen LogP contribution is 2.42. The average molecular weight is 298 g/mol. The third-order valence-corrected chi connectivity index (χ3v) is 4.72. The van der Waals surface area contributed by atoms with Crippen molar-refractivity contribution in [2.24, 2.45) is 0 Å². The van der Waals surface area contributed by atoms with E-state index in [2.05, 4.69) is 43.1 Å². The molecule has 1 fully saturated rings. The van der Waals surface area contributed by atoms with Crippen LogP contribution in [0.4, 0.5) is 0 Å². The molecular formula is C17H18N2OS. The van der Waals surface area contributed by atoms with E-state index in [1.165, 1.54) is 29.7 Å². The van der Waals surface area contributed by atoms with Crippen LogP contribution in [-0.2, 0) is 6.42 Å². The van der Waals surface area contributed by atoms with E-state index in [9.17, 15) is 0 Å². The van der Waals surface area contributed by atoms with Crippen molar-refractivity contribution in [3.63, 3.8) is 0 Å². The van der Waals surface area contributed by atoms with Gasteiger partial charge < -0.3 is 4.74 Å². The summed E-state index contributed by atoms with van der Waals surface area (Å²) in [5.74, 6) is 1.47. The fraction of sp³-hybridized carbons (Fsp3) is 0.412. The third kappa shape index (κ3) is 3.25. The Labute approximate surface area is 129 Å². The van der Waals surface area contributed by atoms with Crippen molar-refractivity contribution >= 4 is 11.3 Å². The number of rotatable bonds is 5. The Bertz CT molecular complexity index is 695. The first-order chi connectivity index (χ1) is 10.2. The summed E-state index contributed by atoms with van der Waals surface area (Å²) < 4.78 is 5.86. The molecule has 4 heteroatoms. The van der Waals surface area contributed by atoms with E-state index in [0.717, 1.165) is 33.3 Å². The van der Waals surface area contributed by atoms with Crippen molar-refractivity contribution in [2.45, 2.75) is 39.0 Å². The Morgan fingerprint density at radius 3 is 2.90 bits per heavy atom. The molecule has 2 aromatic rings. The van der Waals surface area contributed by atoms with Crippen LogP contribution in [0.2, 0.25) is 0 Å². The minimum atomic E-state index is 0.532. The van der Waals surface area contributed by atoms with Crippen LogP contribution >= 0.6 is 11.3 Å². The van der Waals surface area contributed by atoms with Gasteiger partial charge in [-0.2, -0.15) is 5.26 Å². The number of hydrogen-bond donors (Lipinski definition) is 0. The molecular weight excluding hydrogens is 280 g/mol. The van der Waals surface area contributed by atoms with E-state index in [1.807, 2.05) is 0 Å². The number of ether oxygens (including phenoxy) is 1. The molecule has 0 saturated heterocycles. The lowest BCUT2D eigenvalue weighted by Crippen LogP contribution is -2.02. The average Bonchev–Trinajstić information content (AvgIpc) is 3.23. The molecule has 1 saturated carbocycles. The van der Waals surface area contributed by atoms with Crippen LogP contribution in [0.3, 0.4) is 0 Å². The highest BCUT2D eigenvalue weighted by atomic mass is 32.1. The van der Waals surface area contributed by atoms with Gasteiger partial charge in [0, 0.05) is 12.3 Å². The summed E-state index contributed by atoms with van der Waals surface area (Å²) >= 11 is 1.52. The van der Waals surface area contributed by atoms with Crippen LogP contribution < -0.4 is 4.74 Å². The number of aromatic nitrogens is 1. The number of nitriles is 1. The lowest BCUT2D eigenvalue weighted by atomic mass is 10.1. The summed E-state index contributed by atoms with van der Waals surface area (Å²) in [5, 5.41) is 10.2. The van der Waals surface area contributed by atoms with Gasteiger partial charge in [-0.15, -0.1) is 11.3 Å². The highest BCUT2D eigenvalue weighted by molar-refractivity contribution is 7.12. The number of benzene rings is 1. The molecule has 3 nitrogen and oxygen atoms in total. The number of aryl methyl sites for hydroxylation is 2. The summed E-state index contributed by atoms with van der Waals surface area (Å²) in [6, 6.07) is 8.50. The number of thiazole rings is 1. The predicted molar refractivity (Wildman–Crippen MR) is 83.9 cm³/mol. The van der Waals surface area contributed by atoms with Gasteiger partial charge in [-0.05, 0) is 43.9 Å². The van der Waals surface area contributed by atoms with Crippen LogP contribution in [0, 0.1) is 25.2 Å². The zero-order valence-electron chi connectivity index (χ0n) is 12.3. The SMILES string of the molecule is Cc1ccc(C)c(OCCc2nc(C3CC3)c(C#N)s2)c1. The zero-order chi connectivity index (χ0) is 14.8. The van der Waals surface area contributed by atoms with E-state index < -0.39 is 0 Å². The third-order valence-electron chi connectivity index (χ3n) is 3.68. The Hall–Kier alpha value is -1.86. The van der Waals surface area contributed by atoms with Gasteiger partial charge in [-0.25, -0.2) is 4.98 Å². The highest BCUT2D eigenvalue weighted by Gasteiger charge is 2.29. The second-order valence-corrected chi connectivity index (χ2v) is 6.66. The van der Waals surface area contributed by atoms with Gasteiger partial charge in [0.05, 0.1) is 17.3 Å². The first-order valence-corrected chi connectivity index (χ1v) is 8.09. The van der Waals surface area contributed by atoms with Gasteiger partial charge in [0.1, 0.15) is 16.7 Å². The summed E-state index contributed by atoms with van der Waals surface area (Å²) in [7, 11) is 0. The molecule has 0 unspecified atom stereocenters. The van der Waals surface area contributed by atoms with Crippen molar-refractivity contribution in [1.82, 2.24) is 4.98 Å². The van der Waals surface area contributed by atoms with Crippen molar-refractivity contribution < 1.29 is 4.74 Å². The summed E-state index contributed by atoms with van der Waals surface area (Å²) in [6.45, 7) is 4.72. The lowest BCUT2D eigenvalue weighted by Gasteiger charge is -2.08. The van der Waals surface area contributed by atoms with Crippen LogP contribution in [0.1, 0.15) is 45.5 Å². The molecule has 0 N–H and O–H groups in total. The maximum absolute atomic E-state index is 9.17. The van der Waals surface area contributed by atoms with Crippen molar-refractivity contribution in [2.75, 3.05) is 6.61 Å². The Morgan fingerprint density at radius 1 is 1.38 bits per heavy atom. The molecule has 21 heavy (non-hydrogen) atoms. The topological polar surface area (TPSA) is 45.9 Å². The fourth-order valence-electron chi connectivity index (χ4n) is 2.31. The smallest absolute Gasteiger partial charge is 0.128 e. The van der Waals surface area contributed by atoms with E-state index in [1.54, 1.807) is 0 Å². The molecule has 1 aliphatic carbocycles. The number of hydrogen-bond acceptors (Lipinski definition) is 4. The van der Waals surface area contributed by atoms with Gasteiger partial charge in [0.2, 0.25) is 0 Å². The van der Waals surface area contributed by atoms with Gasteiger partial charge in [-0.3, -0.25) is 0 Å². The Morgan fingerprint density at radius 2 is 2.19 bits per heavy atom. The molecule has 1 aromatic carbocycles. The van der Waals surface area contributed by atoms with E-state index >= 15 is 0 Å². The minimum Gasteiger partial charge on any atom is -0.493 e. The van der Waals surface area contributed by atoms with Gasteiger partial charge in [-0.1, -0.05) is 12.1 Å². The van der Waals surface area contributed by atoms with Crippen LogP contribution in [-0.4, -0.2) is 11.6 Å². The Kier molecular flexibility index (Phi) is 3.94. The van der Waals surface area contributed by atoms with Crippen molar-refractivity contribution in [1.29, 1.82) is 5.26 Å². The maximum Gasteiger partial charge on any atom is 0.128 e. The predicted octanol–water partition coefficient (Wildman–Crippen LogP) is 4.13. The molecule has 108 valence electrons. The fourth-order valence-corrected chi connectivity index (χ4v) is 3.24. The van der Waals surface area contributed by atoms with Gasteiger partial charge in [0.25, 0.3) is 0 Å². The van der Waals surface area contributed by atoms with Crippen molar-refractivity contribution in [3.05, 3.63) is 44.9 Å². The molecule has 0 aliphatic heterocycles. The quantitative estimate of drug-likeness (QED) is 0.833. The molecule has 1 aromatic heterocycles. The van der Waals surface area contributed by atoms with Crippen LogP contribution in [0.15, 0.2) is 18.2 Å². The van der Waals surface area contributed by atoms with E-state index in [0.29, 0.717) is 12.5 Å². The van der Waals surface area contributed by atoms with Crippen LogP contribution in [0.5, 0.6) is 5.75 Å². The minimum absolute atomic E-state index is 0.532. The monoisotopic (exact) mass is 298 g/mol. The van der Waals surface area contributed by atoms with Crippen LogP contribution in [0.25, 0.3) is 0 Å². The molecule has 1 heterocycles.